The summed E-state index contributed by atoms with van der Waals surface area (Å²) in [6, 6.07) is 18.6. The molecule has 0 saturated heterocycles. The number of halogens is 1. The largest absolute Gasteiger partial charge is 0.336 e. The predicted octanol–water partition coefficient (Wildman–Crippen LogP) is 6.37. The number of hydrogen-bond donors (Lipinski definition) is 0. The van der Waals surface area contributed by atoms with Crippen LogP contribution in [0.25, 0.3) is 6.08 Å². The van der Waals surface area contributed by atoms with E-state index in [1.807, 2.05) is 48.7 Å². The molecule has 0 saturated carbocycles. The molecule has 3 aromatic rings. The van der Waals surface area contributed by atoms with E-state index in [4.69, 9.17) is 11.6 Å². The lowest BCUT2D eigenvalue weighted by Gasteiger charge is -2.29. The van der Waals surface area contributed by atoms with Gasteiger partial charge in [-0.1, -0.05) is 66.2 Å². The summed E-state index contributed by atoms with van der Waals surface area (Å²) in [6.45, 7) is 3.30. The Morgan fingerprint density at radius 2 is 1.89 bits per heavy atom. The first-order valence-electron chi connectivity index (χ1n) is 9.19. The summed E-state index contributed by atoms with van der Waals surface area (Å²) in [4.78, 5) is 4.20. The minimum atomic E-state index is 0.126. The van der Waals surface area contributed by atoms with Crippen LogP contribution < -0.4 is 0 Å². The first-order chi connectivity index (χ1) is 13.1. The van der Waals surface area contributed by atoms with E-state index >= 15 is 0 Å². The van der Waals surface area contributed by atoms with E-state index < -0.39 is 0 Å². The Bertz CT molecular complexity index is 829. The maximum atomic E-state index is 6.01. The molecule has 0 fully saturated rings. The summed E-state index contributed by atoms with van der Waals surface area (Å²) >= 11 is 8.01. The number of imidazole rings is 1. The minimum absolute atomic E-state index is 0.126. The van der Waals surface area contributed by atoms with Gasteiger partial charge in [-0.15, -0.1) is 11.8 Å². The highest BCUT2D eigenvalue weighted by Gasteiger charge is 2.24. The second-order valence-corrected chi connectivity index (χ2v) is 8.98. The number of benzene rings is 2. The van der Waals surface area contributed by atoms with Crippen LogP contribution >= 0.6 is 23.4 Å². The van der Waals surface area contributed by atoms with Gasteiger partial charge in [-0.25, -0.2) is 4.98 Å². The molecule has 4 heteroatoms. The molecule has 2 nitrogen and oxygen atoms in total. The van der Waals surface area contributed by atoms with Crippen molar-refractivity contribution in [3.8, 4) is 0 Å². The van der Waals surface area contributed by atoms with Crippen molar-refractivity contribution < 1.29 is 0 Å². The third-order valence-corrected chi connectivity index (χ3v) is 6.21. The highest BCUT2D eigenvalue weighted by molar-refractivity contribution is 8.00. The van der Waals surface area contributed by atoms with Crippen molar-refractivity contribution in [3.05, 3.63) is 95.5 Å². The van der Waals surface area contributed by atoms with Crippen molar-refractivity contribution in [1.29, 1.82) is 0 Å². The van der Waals surface area contributed by atoms with E-state index in [0.717, 1.165) is 30.2 Å². The molecular weight excluding hydrogens is 372 g/mol. The molecule has 1 unspecified atom stereocenters. The third kappa shape index (κ3) is 6.60. The van der Waals surface area contributed by atoms with E-state index in [9.17, 15) is 0 Å². The molecule has 27 heavy (non-hydrogen) atoms. The summed E-state index contributed by atoms with van der Waals surface area (Å²) in [6.07, 6.45) is 12.4. The number of rotatable bonds is 9. The highest BCUT2D eigenvalue weighted by Crippen LogP contribution is 2.32. The molecule has 0 bridgehead atoms. The predicted molar refractivity (Wildman–Crippen MR) is 118 cm³/mol. The van der Waals surface area contributed by atoms with Crippen molar-refractivity contribution in [2.24, 2.45) is 0 Å². The monoisotopic (exact) mass is 396 g/mol. The van der Waals surface area contributed by atoms with E-state index in [0.29, 0.717) is 0 Å². The SMILES string of the molecule is CC(CCc1ccc(Cl)cc1)(Cn1ccnc1)SC/C=C/c1ccccc1. The summed E-state index contributed by atoms with van der Waals surface area (Å²) < 4.78 is 2.30. The quantitative estimate of drug-likeness (QED) is 0.418. The number of aryl methyl sites for hydroxylation is 1. The molecule has 3 rings (SSSR count). The number of thioether (sulfide) groups is 1. The highest BCUT2D eigenvalue weighted by atomic mass is 35.5. The topological polar surface area (TPSA) is 17.8 Å². The van der Waals surface area contributed by atoms with Crippen LogP contribution in [0.3, 0.4) is 0 Å². The van der Waals surface area contributed by atoms with Gasteiger partial charge in [0, 0.05) is 34.5 Å². The maximum Gasteiger partial charge on any atom is 0.0946 e. The zero-order valence-corrected chi connectivity index (χ0v) is 17.2. The number of nitrogens with zero attached hydrogens (tertiary/aromatic N) is 2. The van der Waals surface area contributed by atoms with Crippen LogP contribution in [0.5, 0.6) is 0 Å². The molecule has 140 valence electrons. The summed E-state index contributed by atoms with van der Waals surface area (Å²) in [7, 11) is 0. The first-order valence-corrected chi connectivity index (χ1v) is 10.6. The van der Waals surface area contributed by atoms with Crippen molar-refractivity contribution in [3.63, 3.8) is 0 Å². The average molecular weight is 397 g/mol. The molecular formula is C23H25ClN2S. The average Bonchev–Trinajstić information content (AvgIpc) is 3.19. The number of aromatic nitrogens is 2. The van der Waals surface area contributed by atoms with Gasteiger partial charge in [0.15, 0.2) is 0 Å². The molecule has 0 amide bonds. The molecule has 0 N–H and O–H groups in total. The van der Waals surface area contributed by atoms with Gasteiger partial charge >= 0.3 is 0 Å². The van der Waals surface area contributed by atoms with Crippen LogP contribution in [0.4, 0.5) is 0 Å². The normalized spacial score (nSPS) is 13.7. The second kappa shape index (κ2) is 9.82. The zero-order chi connectivity index (χ0) is 19.0. The van der Waals surface area contributed by atoms with Crippen LogP contribution in [0.15, 0.2) is 79.4 Å². The summed E-state index contributed by atoms with van der Waals surface area (Å²) in [5.74, 6) is 0.987. The fraction of sp³-hybridized carbons (Fsp3) is 0.261. The van der Waals surface area contributed by atoms with Crippen molar-refractivity contribution in [1.82, 2.24) is 9.55 Å². The molecule has 1 heterocycles. The third-order valence-electron chi connectivity index (χ3n) is 4.57. The van der Waals surface area contributed by atoms with Gasteiger partial charge in [0.05, 0.1) is 6.33 Å². The maximum absolute atomic E-state index is 6.01. The Morgan fingerprint density at radius 3 is 2.59 bits per heavy atom. The van der Waals surface area contributed by atoms with Crippen molar-refractivity contribution in [2.75, 3.05) is 5.75 Å². The Hall–Kier alpha value is -1.97. The van der Waals surface area contributed by atoms with Gasteiger partial charge < -0.3 is 4.57 Å². The Labute approximate surface area is 171 Å². The van der Waals surface area contributed by atoms with Gasteiger partial charge in [-0.3, -0.25) is 0 Å². The van der Waals surface area contributed by atoms with Gasteiger partial charge in [-0.2, -0.15) is 0 Å². The molecule has 0 aliphatic rings. The minimum Gasteiger partial charge on any atom is -0.336 e. The van der Waals surface area contributed by atoms with E-state index in [2.05, 4.69) is 65.0 Å². The zero-order valence-electron chi connectivity index (χ0n) is 15.6. The molecule has 0 aliphatic carbocycles. The van der Waals surface area contributed by atoms with Crippen molar-refractivity contribution >= 4 is 29.4 Å². The van der Waals surface area contributed by atoms with Gasteiger partial charge in [0.25, 0.3) is 0 Å². The molecule has 1 atom stereocenters. The molecule has 0 aliphatic heterocycles. The first kappa shape index (κ1) is 19.8. The Kier molecular flexibility index (Phi) is 7.19. The van der Waals surface area contributed by atoms with E-state index in [1.165, 1.54) is 11.1 Å². The van der Waals surface area contributed by atoms with Crippen LogP contribution in [0.2, 0.25) is 5.02 Å². The van der Waals surface area contributed by atoms with Crippen LogP contribution in [0.1, 0.15) is 24.5 Å². The lowest BCUT2D eigenvalue weighted by molar-refractivity contribution is 0.496. The van der Waals surface area contributed by atoms with Gasteiger partial charge in [0.2, 0.25) is 0 Å². The summed E-state index contributed by atoms with van der Waals surface area (Å²) in [5.41, 5.74) is 2.58. The number of hydrogen-bond acceptors (Lipinski definition) is 2. The van der Waals surface area contributed by atoms with Crippen molar-refractivity contribution in [2.45, 2.75) is 31.1 Å². The standard InChI is InChI=1S/C23H25ClN2S/c1-23(18-26-16-15-25-19-26,14-13-21-9-11-22(24)12-10-21)27-17-5-8-20-6-3-2-4-7-20/h2-12,15-16,19H,13-14,17-18H2,1H3/b8-5+. The molecule has 0 spiro atoms. The van der Waals surface area contributed by atoms with Crippen LogP contribution in [-0.2, 0) is 13.0 Å². The summed E-state index contributed by atoms with van der Waals surface area (Å²) in [5, 5.41) is 0.792. The Balaban J connectivity index is 1.61. The Morgan fingerprint density at radius 1 is 1.11 bits per heavy atom. The second-order valence-electron chi connectivity index (χ2n) is 6.94. The lowest BCUT2D eigenvalue weighted by Crippen LogP contribution is -2.28. The van der Waals surface area contributed by atoms with E-state index in [-0.39, 0.29) is 4.75 Å². The smallest absolute Gasteiger partial charge is 0.0946 e. The van der Waals surface area contributed by atoms with Crippen LogP contribution in [-0.4, -0.2) is 20.1 Å². The van der Waals surface area contributed by atoms with E-state index in [1.54, 1.807) is 0 Å². The van der Waals surface area contributed by atoms with Gasteiger partial charge in [0.1, 0.15) is 0 Å². The molecule has 0 radical (unpaired) electrons. The molecule has 1 aromatic heterocycles. The fourth-order valence-corrected chi connectivity index (χ4v) is 4.23. The molecule has 2 aromatic carbocycles. The fourth-order valence-electron chi connectivity index (χ4n) is 3.02. The van der Waals surface area contributed by atoms with Gasteiger partial charge in [-0.05, 0) is 43.0 Å². The van der Waals surface area contributed by atoms with Crippen LogP contribution in [0, 0.1) is 0 Å². The lowest BCUT2D eigenvalue weighted by atomic mass is 10.00.